The van der Waals surface area contributed by atoms with Crippen molar-refractivity contribution < 1.29 is 0 Å². The third kappa shape index (κ3) is 2.87. The van der Waals surface area contributed by atoms with Crippen LogP contribution in [0.25, 0.3) is 0 Å². The summed E-state index contributed by atoms with van der Waals surface area (Å²) in [6, 6.07) is 11.1. The molecule has 4 heteroatoms. The molecule has 0 bridgehead atoms. The Morgan fingerprint density at radius 1 is 1.14 bits per heavy atom. The fourth-order valence-electron chi connectivity index (χ4n) is 2.87. The molecule has 1 unspecified atom stereocenters. The Balaban J connectivity index is 1.90. The number of piperidine rings is 1. The summed E-state index contributed by atoms with van der Waals surface area (Å²) >= 11 is 0. The third-order valence-corrected chi connectivity index (χ3v) is 4.01. The van der Waals surface area contributed by atoms with Crippen LogP contribution in [-0.4, -0.2) is 16.5 Å². The summed E-state index contributed by atoms with van der Waals surface area (Å²) in [6.07, 6.45) is 6.80. The van der Waals surface area contributed by atoms with E-state index in [0.717, 1.165) is 18.8 Å². The number of benzene rings is 1. The van der Waals surface area contributed by atoms with Crippen LogP contribution in [0, 0.1) is 18.3 Å². The molecule has 4 nitrogen and oxygen atoms in total. The molecule has 1 aliphatic heterocycles. The van der Waals surface area contributed by atoms with Crippen LogP contribution in [0.1, 0.15) is 42.1 Å². The van der Waals surface area contributed by atoms with Crippen LogP contribution in [0.2, 0.25) is 0 Å². The van der Waals surface area contributed by atoms with Gasteiger partial charge in [-0.05, 0) is 31.7 Å². The van der Waals surface area contributed by atoms with E-state index in [9.17, 15) is 0 Å². The molecule has 3 rings (SSSR count). The van der Waals surface area contributed by atoms with Gasteiger partial charge in [-0.2, -0.15) is 5.26 Å². The molecular weight excluding hydrogens is 260 g/mol. The third-order valence-electron chi connectivity index (χ3n) is 4.01. The quantitative estimate of drug-likeness (QED) is 0.845. The highest BCUT2D eigenvalue weighted by atomic mass is 15.2. The molecular formula is C17H18N4. The van der Waals surface area contributed by atoms with E-state index in [1.165, 1.54) is 24.0 Å². The number of anilines is 1. The van der Waals surface area contributed by atoms with Crippen molar-refractivity contribution in [3.05, 3.63) is 53.5 Å². The lowest BCUT2D eigenvalue weighted by Crippen LogP contribution is -2.34. The van der Waals surface area contributed by atoms with Gasteiger partial charge in [-0.25, -0.2) is 9.97 Å². The Morgan fingerprint density at radius 2 is 1.95 bits per heavy atom. The molecule has 1 aliphatic rings. The minimum atomic E-state index is 0.349. The molecule has 0 amide bonds. The summed E-state index contributed by atoms with van der Waals surface area (Å²) in [7, 11) is 0. The fraction of sp³-hybridized carbons (Fsp3) is 0.353. The lowest BCUT2D eigenvalue weighted by atomic mass is 9.95. The first-order chi connectivity index (χ1) is 10.3. The highest BCUT2D eigenvalue weighted by Crippen LogP contribution is 2.33. The van der Waals surface area contributed by atoms with Gasteiger partial charge < -0.3 is 4.90 Å². The number of rotatable bonds is 2. The summed E-state index contributed by atoms with van der Waals surface area (Å²) in [5.41, 5.74) is 2.97. The van der Waals surface area contributed by atoms with E-state index in [2.05, 4.69) is 46.1 Å². The van der Waals surface area contributed by atoms with E-state index in [4.69, 9.17) is 5.26 Å². The maximum absolute atomic E-state index is 8.83. The van der Waals surface area contributed by atoms with Crippen molar-refractivity contribution in [3.8, 4) is 6.07 Å². The van der Waals surface area contributed by atoms with Crippen LogP contribution >= 0.6 is 0 Å². The van der Waals surface area contributed by atoms with E-state index < -0.39 is 0 Å². The van der Waals surface area contributed by atoms with E-state index >= 15 is 0 Å². The van der Waals surface area contributed by atoms with E-state index in [0.29, 0.717) is 11.7 Å². The molecule has 0 N–H and O–H groups in total. The standard InChI is InChI=1S/C17H18N4/c1-13-5-7-14(8-6-13)16-4-2-3-9-21(16)17-12-19-15(10-18)11-20-17/h5-8,11-12,16H,2-4,9H2,1H3. The summed E-state index contributed by atoms with van der Waals surface area (Å²) in [6.45, 7) is 3.09. The van der Waals surface area contributed by atoms with Gasteiger partial charge in [-0.3, -0.25) is 0 Å². The molecule has 106 valence electrons. The number of nitrogens with zero attached hydrogens (tertiary/aromatic N) is 4. The van der Waals surface area contributed by atoms with Gasteiger partial charge in [0.25, 0.3) is 0 Å². The highest BCUT2D eigenvalue weighted by molar-refractivity contribution is 5.42. The summed E-state index contributed by atoms with van der Waals surface area (Å²) in [5.74, 6) is 0.860. The van der Waals surface area contributed by atoms with E-state index in [-0.39, 0.29) is 0 Å². The lowest BCUT2D eigenvalue weighted by Gasteiger charge is -2.36. The van der Waals surface area contributed by atoms with Crippen molar-refractivity contribution in [2.45, 2.75) is 32.2 Å². The molecule has 1 aromatic carbocycles. The number of hydrogen-bond acceptors (Lipinski definition) is 4. The maximum atomic E-state index is 8.83. The average Bonchev–Trinajstić information content (AvgIpc) is 2.56. The minimum Gasteiger partial charge on any atom is -0.348 e. The zero-order valence-corrected chi connectivity index (χ0v) is 12.2. The number of aryl methyl sites for hydroxylation is 1. The van der Waals surface area contributed by atoms with Crippen LogP contribution in [0.4, 0.5) is 5.82 Å². The maximum Gasteiger partial charge on any atom is 0.158 e. The zero-order chi connectivity index (χ0) is 14.7. The van der Waals surface area contributed by atoms with Crippen molar-refractivity contribution in [1.29, 1.82) is 5.26 Å². The van der Waals surface area contributed by atoms with Crippen molar-refractivity contribution >= 4 is 5.82 Å². The Morgan fingerprint density at radius 3 is 2.62 bits per heavy atom. The topological polar surface area (TPSA) is 52.8 Å². The normalized spacial score (nSPS) is 18.3. The molecule has 0 aliphatic carbocycles. The number of aromatic nitrogens is 2. The molecule has 0 radical (unpaired) electrons. The first kappa shape index (κ1) is 13.6. The molecule has 1 aromatic heterocycles. The van der Waals surface area contributed by atoms with Crippen LogP contribution in [0.15, 0.2) is 36.7 Å². The Labute approximate surface area is 125 Å². The second kappa shape index (κ2) is 5.92. The first-order valence-electron chi connectivity index (χ1n) is 7.33. The van der Waals surface area contributed by atoms with Crippen molar-refractivity contribution in [1.82, 2.24) is 9.97 Å². The van der Waals surface area contributed by atoms with Gasteiger partial charge in [0, 0.05) is 6.54 Å². The van der Waals surface area contributed by atoms with E-state index in [1.807, 2.05) is 6.07 Å². The van der Waals surface area contributed by atoms with E-state index in [1.54, 1.807) is 12.4 Å². The van der Waals surface area contributed by atoms with Gasteiger partial charge in [0.1, 0.15) is 11.9 Å². The molecule has 1 atom stereocenters. The molecule has 2 aromatic rings. The number of nitriles is 1. The molecule has 0 saturated carbocycles. The molecule has 0 spiro atoms. The zero-order valence-electron chi connectivity index (χ0n) is 12.2. The van der Waals surface area contributed by atoms with Gasteiger partial charge in [0.15, 0.2) is 5.69 Å². The monoisotopic (exact) mass is 278 g/mol. The Hall–Kier alpha value is -2.41. The summed E-state index contributed by atoms with van der Waals surface area (Å²) in [4.78, 5) is 10.9. The predicted octanol–water partition coefficient (Wildman–Crippen LogP) is 3.39. The molecule has 1 saturated heterocycles. The SMILES string of the molecule is Cc1ccc(C2CCCCN2c2cnc(C#N)cn2)cc1. The molecule has 21 heavy (non-hydrogen) atoms. The van der Waals surface area contributed by atoms with Gasteiger partial charge >= 0.3 is 0 Å². The van der Waals surface area contributed by atoms with Crippen LogP contribution in [0.5, 0.6) is 0 Å². The summed E-state index contributed by atoms with van der Waals surface area (Å²) in [5, 5.41) is 8.83. The van der Waals surface area contributed by atoms with Crippen molar-refractivity contribution in [3.63, 3.8) is 0 Å². The largest absolute Gasteiger partial charge is 0.348 e. The lowest BCUT2D eigenvalue weighted by molar-refractivity contribution is 0.469. The summed E-state index contributed by atoms with van der Waals surface area (Å²) < 4.78 is 0. The highest BCUT2D eigenvalue weighted by Gasteiger charge is 2.25. The van der Waals surface area contributed by atoms with Gasteiger partial charge in [0.05, 0.1) is 18.4 Å². The Bertz CT molecular complexity index is 640. The smallest absolute Gasteiger partial charge is 0.158 e. The second-order valence-corrected chi connectivity index (χ2v) is 5.49. The molecule has 2 heterocycles. The second-order valence-electron chi connectivity index (χ2n) is 5.49. The van der Waals surface area contributed by atoms with Crippen molar-refractivity contribution in [2.75, 3.05) is 11.4 Å². The first-order valence-corrected chi connectivity index (χ1v) is 7.33. The van der Waals surface area contributed by atoms with Crippen LogP contribution in [-0.2, 0) is 0 Å². The Kier molecular flexibility index (Phi) is 3.83. The van der Waals surface area contributed by atoms with Gasteiger partial charge in [0.2, 0.25) is 0 Å². The van der Waals surface area contributed by atoms with Crippen molar-refractivity contribution in [2.24, 2.45) is 0 Å². The number of hydrogen-bond donors (Lipinski definition) is 0. The van der Waals surface area contributed by atoms with Crippen LogP contribution < -0.4 is 4.90 Å². The van der Waals surface area contributed by atoms with Gasteiger partial charge in [-0.15, -0.1) is 0 Å². The predicted molar refractivity (Wildman–Crippen MR) is 81.9 cm³/mol. The van der Waals surface area contributed by atoms with Gasteiger partial charge in [-0.1, -0.05) is 29.8 Å². The van der Waals surface area contributed by atoms with Crippen LogP contribution in [0.3, 0.4) is 0 Å². The fourth-order valence-corrected chi connectivity index (χ4v) is 2.87. The minimum absolute atomic E-state index is 0.349. The average molecular weight is 278 g/mol. The molecule has 1 fully saturated rings.